The number of nitrogens with zero attached hydrogens (tertiary/aromatic N) is 2. The van der Waals surface area contributed by atoms with Crippen LogP contribution in [0.1, 0.15) is 29.8 Å². The molecule has 0 aromatic heterocycles. The van der Waals surface area contributed by atoms with Gasteiger partial charge in [0.25, 0.3) is 5.91 Å². The molecule has 1 saturated heterocycles. The number of carbonyl (C=O) groups excluding carboxylic acids is 2. The largest absolute Gasteiger partial charge is 0.494 e. The third-order valence-electron chi connectivity index (χ3n) is 4.82. The Kier molecular flexibility index (Phi) is 5.81. The third kappa shape index (κ3) is 4.36. The number of anilines is 1. The van der Waals surface area contributed by atoms with E-state index in [0.717, 1.165) is 24.3 Å². The molecule has 2 amide bonds. The Balaban J connectivity index is 1.75. The average molecular weight is 406 g/mol. The molecule has 1 fully saturated rings. The van der Waals surface area contributed by atoms with Crippen molar-refractivity contribution < 1.29 is 27.5 Å². The number of hydrogen-bond donors (Lipinski definition) is 0. The molecule has 1 aliphatic rings. The Labute approximate surface area is 166 Å². The molecule has 29 heavy (non-hydrogen) atoms. The van der Waals surface area contributed by atoms with Gasteiger partial charge in [0, 0.05) is 30.4 Å². The molecule has 8 heteroatoms. The van der Waals surface area contributed by atoms with E-state index in [-0.39, 0.29) is 24.6 Å². The van der Waals surface area contributed by atoms with Crippen molar-refractivity contribution in [3.63, 3.8) is 0 Å². The molecule has 154 valence electrons. The number of amides is 2. The summed E-state index contributed by atoms with van der Waals surface area (Å²) in [5.74, 6) is -0.0823. The van der Waals surface area contributed by atoms with Crippen LogP contribution in [-0.2, 0) is 11.0 Å². The second kappa shape index (κ2) is 8.14. The lowest BCUT2D eigenvalue weighted by Gasteiger charge is -2.39. The first-order valence-electron chi connectivity index (χ1n) is 9.25. The van der Waals surface area contributed by atoms with Gasteiger partial charge < -0.3 is 14.5 Å². The normalized spacial score (nSPS) is 17.4. The summed E-state index contributed by atoms with van der Waals surface area (Å²) in [4.78, 5) is 28.6. The number of ether oxygens (including phenoxy) is 1. The molecular weight excluding hydrogens is 385 g/mol. The third-order valence-corrected chi connectivity index (χ3v) is 4.82. The number of rotatable bonds is 4. The highest BCUT2D eigenvalue weighted by Gasteiger charge is 2.36. The van der Waals surface area contributed by atoms with E-state index < -0.39 is 23.7 Å². The lowest BCUT2D eigenvalue weighted by Crippen LogP contribution is -2.57. The molecule has 2 aromatic carbocycles. The first-order chi connectivity index (χ1) is 13.7. The first-order valence-corrected chi connectivity index (χ1v) is 9.25. The summed E-state index contributed by atoms with van der Waals surface area (Å²) in [6.45, 7) is 4.54. The van der Waals surface area contributed by atoms with Gasteiger partial charge in [-0.1, -0.05) is 6.07 Å². The molecule has 3 rings (SSSR count). The zero-order valence-electron chi connectivity index (χ0n) is 16.1. The maximum Gasteiger partial charge on any atom is 0.416 e. The zero-order chi connectivity index (χ0) is 21.2. The van der Waals surface area contributed by atoms with Gasteiger partial charge in [0.05, 0.1) is 12.2 Å². The molecule has 0 unspecified atom stereocenters. The van der Waals surface area contributed by atoms with Crippen molar-refractivity contribution in [3.8, 4) is 5.75 Å². The fraction of sp³-hybridized carbons (Fsp3) is 0.333. The van der Waals surface area contributed by atoms with Gasteiger partial charge in [-0.3, -0.25) is 9.59 Å². The number of halogens is 3. The predicted octanol–water partition coefficient (Wildman–Crippen LogP) is 3.98. The Hall–Kier alpha value is -3.03. The monoisotopic (exact) mass is 406 g/mol. The van der Waals surface area contributed by atoms with E-state index in [0.29, 0.717) is 18.0 Å². The molecule has 0 N–H and O–H groups in total. The molecule has 1 heterocycles. The number of piperazine rings is 1. The fourth-order valence-electron chi connectivity index (χ4n) is 3.28. The predicted molar refractivity (Wildman–Crippen MR) is 102 cm³/mol. The first kappa shape index (κ1) is 20.7. The molecular formula is C21H21F3N2O3. The van der Waals surface area contributed by atoms with Crippen LogP contribution < -0.4 is 9.64 Å². The molecule has 0 bridgehead atoms. The van der Waals surface area contributed by atoms with Gasteiger partial charge in [-0.15, -0.1) is 0 Å². The maximum atomic E-state index is 12.9. The minimum absolute atomic E-state index is 0.115. The van der Waals surface area contributed by atoms with E-state index in [9.17, 15) is 22.8 Å². The number of hydrogen-bond acceptors (Lipinski definition) is 3. The lowest BCUT2D eigenvalue weighted by atomic mass is 10.1. The van der Waals surface area contributed by atoms with Crippen molar-refractivity contribution in [2.45, 2.75) is 26.1 Å². The molecule has 0 aliphatic carbocycles. The molecule has 0 radical (unpaired) electrons. The van der Waals surface area contributed by atoms with Gasteiger partial charge in [0.1, 0.15) is 11.8 Å². The summed E-state index contributed by atoms with van der Waals surface area (Å²) in [6.07, 6.45) is -4.47. The molecule has 0 saturated carbocycles. The fourth-order valence-corrected chi connectivity index (χ4v) is 3.28. The minimum Gasteiger partial charge on any atom is -0.494 e. The van der Waals surface area contributed by atoms with Crippen LogP contribution in [0, 0.1) is 0 Å². The summed E-state index contributed by atoms with van der Waals surface area (Å²) < 4.78 is 43.6. The molecule has 1 aliphatic heterocycles. The Morgan fingerprint density at radius 2 is 1.83 bits per heavy atom. The van der Waals surface area contributed by atoms with Gasteiger partial charge in [-0.05, 0) is 50.2 Å². The van der Waals surface area contributed by atoms with Crippen LogP contribution in [0.2, 0.25) is 0 Å². The zero-order valence-corrected chi connectivity index (χ0v) is 16.1. The number of carbonyl (C=O) groups is 2. The summed E-state index contributed by atoms with van der Waals surface area (Å²) in [5.41, 5.74) is -0.0314. The van der Waals surface area contributed by atoms with Crippen LogP contribution in [0.5, 0.6) is 5.75 Å². The summed E-state index contributed by atoms with van der Waals surface area (Å²) >= 11 is 0. The summed E-state index contributed by atoms with van der Waals surface area (Å²) in [6, 6.07) is 10.4. The maximum absolute atomic E-state index is 12.9. The number of alkyl halides is 3. The van der Waals surface area contributed by atoms with E-state index in [1.54, 1.807) is 36.1 Å². The molecule has 1 atom stereocenters. The standard InChI is InChI=1S/C21H21F3N2O3/c1-3-29-18-6-4-5-17(13-18)26-12-11-25(14(2)19(26)27)20(28)15-7-9-16(10-8-15)21(22,23)24/h4-10,13-14H,3,11-12H2,1-2H3/t14-/m1/s1. The summed E-state index contributed by atoms with van der Waals surface area (Å²) in [7, 11) is 0. The van der Waals surface area contributed by atoms with Crippen LogP contribution in [-0.4, -0.2) is 42.5 Å². The Bertz CT molecular complexity index is 897. The van der Waals surface area contributed by atoms with Gasteiger partial charge in [-0.2, -0.15) is 13.2 Å². The van der Waals surface area contributed by atoms with Gasteiger partial charge in [0.15, 0.2) is 0 Å². The molecule has 2 aromatic rings. The van der Waals surface area contributed by atoms with Crippen LogP contribution >= 0.6 is 0 Å². The minimum atomic E-state index is -4.47. The highest BCUT2D eigenvalue weighted by molar-refractivity contribution is 6.03. The van der Waals surface area contributed by atoms with Crippen LogP contribution in [0.4, 0.5) is 18.9 Å². The van der Waals surface area contributed by atoms with Crippen molar-refractivity contribution in [2.24, 2.45) is 0 Å². The van der Waals surface area contributed by atoms with Crippen molar-refractivity contribution in [1.29, 1.82) is 0 Å². The number of benzene rings is 2. The SMILES string of the molecule is CCOc1cccc(N2CCN(C(=O)c3ccc(C(F)(F)F)cc3)[C@H](C)C2=O)c1. The van der Waals surface area contributed by atoms with E-state index in [1.165, 1.54) is 4.90 Å². The van der Waals surface area contributed by atoms with Gasteiger partial charge in [0.2, 0.25) is 5.91 Å². The Morgan fingerprint density at radius 3 is 2.45 bits per heavy atom. The molecule has 5 nitrogen and oxygen atoms in total. The highest BCUT2D eigenvalue weighted by Crippen LogP contribution is 2.30. The van der Waals surface area contributed by atoms with E-state index in [2.05, 4.69) is 0 Å². The lowest BCUT2D eigenvalue weighted by molar-refractivity contribution is -0.137. The quantitative estimate of drug-likeness (QED) is 0.772. The Morgan fingerprint density at radius 1 is 1.14 bits per heavy atom. The van der Waals surface area contributed by atoms with Crippen LogP contribution in [0.3, 0.4) is 0 Å². The molecule has 0 spiro atoms. The second-order valence-electron chi connectivity index (χ2n) is 6.67. The van der Waals surface area contributed by atoms with Crippen LogP contribution in [0.15, 0.2) is 48.5 Å². The summed E-state index contributed by atoms with van der Waals surface area (Å²) in [5, 5.41) is 0. The van der Waals surface area contributed by atoms with Crippen LogP contribution in [0.25, 0.3) is 0 Å². The van der Waals surface area contributed by atoms with Gasteiger partial charge >= 0.3 is 6.18 Å². The van der Waals surface area contributed by atoms with Crippen molar-refractivity contribution >= 4 is 17.5 Å². The van der Waals surface area contributed by atoms with Crippen molar-refractivity contribution in [1.82, 2.24) is 4.90 Å². The van der Waals surface area contributed by atoms with Crippen molar-refractivity contribution in [3.05, 3.63) is 59.7 Å². The van der Waals surface area contributed by atoms with Crippen molar-refractivity contribution in [2.75, 3.05) is 24.6 Å². The smallest absolute Gasteiger partial charge is 0.416 e. The second-order valence-corrected chi connectivity index (χ2v) is 6.67. The van der Waals surface area contributed by atoms with E-state index >= 15 is 0 Å². The van der Waals surface area contributed by atoms with E-state index in [4.69, 9.17) is 4.74 Å². The average Bonchev–Trinajstić information content (AvgIpc) is 2.69. The topological polar surface area (TPSA) is 49.9 Å². The van der Waals surface area contributed by atoms with E-state index in [1.807, 2.05) is 6.92 Å². The highest BCUT2D eigenvalue weighted by atomic mass is 19.4. The van der Waals surface area contributed by atoms with Gasteiger partial charge in [-0.25, -0.2) is 0 Å².